The summed E-state index contributed by atoms with van der Waals surface area (Å²) in [6, 6.07) is -4.49. The number of carbonyl (C=O) groups excluding carboxylic acids is 2. The molecule has 43 nitrogen and oxygen atoms in total. The van der Waals surface area contributed by atoms with E-state index in [2.05, 4.69) is 57.5 Å². The summed E-state index contributed by atoms with van der Waals surface area (Å²) < 4.78 is 225. The molecular formula is C24H29N2O41S7-9. The molecule has 0 amide bonds. The van der Waals surface area contributed by atoms with Crippen LogP contribution in [0.5, 0.6) is 0 Å². The van der Waals surface area contributed by atoms with Gasteiger partial charge in [-0.25, -0.2) is 61.3 Å². The van der Waals surface area contributed by atoms with E-state index in [4.69, 9.17) is 36.8 Å². The number of nitrogens with one attached hydrogen (secondary N) is 2. The number of hydrogen-bond donors (Lipinski definition) is 7. The molecule has 2 fully saturated rings. The highest BCUT2D eigenvalue weighted by Crippen LogP contribution is 2.33. The van der Waals surface area contributed by atoms with Crippen LogP contribution in [0.1, 0.15) is 0 Å². The molecule has 8 unspecified atom stereocenters. The molecule has 2 saturated heterocycles. The molecule has 74 heavy (non-hydrogen) atoms. The minimum absolute atomic E-state index is 0.305. The lowest BCUT2D eigenvalue weighted by Gasteiger charge is -2.46. The van der Waals surface area contributed by atoms with Crippen molar-refractivity contribution in [2.75, 3.05) is 13.2 Å². The van der Waals surface area contributed by atoms with E-state index in [9.17, 15) is 121 Å². The number of hydrogen-bond acceptors (Lipinski definition) is 43. The highest BCUT2D eigenvalue weighted by Gasteiger charge is 2.53. The lowest BCUT2D eigenvalue weighted by Crippen LogP contribution is -2.67. The van der Waals surface area contributed by atoms with Crippen molar-refractivity contribution >= 4 is 88.8 Å². The Labute approximate surface area is 421 Å². The van der Waals surface area contributed by atoms with Crippen LogP contribution in [-0.4, -0.2) is 222 Å². The number of ether oxygens (including phenoxy) is 6. The third kappa shape index (κ3) is 22.4. The molecule has 0 aromatic rings. The Morgan fingerprint density at radius 1 is 0.568 bits per heavy atom. The molecule has 16 atom stereocenters. The van der Waals surface area contributed by atoms with E-state index < -0.39 is 187 Å². The fourth-order valence-corrected chi connectivity index (χ4v) is 8.44. The fraction of sp³-hybridized carbons (Fsp3) is 0.750. The van der Waals surface area contributed by atoms with Crippen LogP contribution < -0.4 is 30.2 Å². The van der Waals surface area contributed by atoms with Gasteiger partial charge in [0.2, 0.25) is 43.8 Å². The number of carboxylic acids is 2. The van der Waals surface area contributed by atoms with Crippen LogP contribution in [0.2, 0.25) is 0 Å². The fourth-order valence-electron chi connectivity index (χ4n) is 6.02. The molecule has 0 aliphatic carbocycles. The van der Waals surface area contributed by atoms with Crippen LogP contribution in [0.4, 0.5) is 0 Å². The predicted octanol–water partition coefficient (Wildman–Crippen LogP) is -16.6. The summed E-state index contributed by atoms with van der Waals surface area (Å²) in [5.74, 6) is -6.58. The lowest BCUT2D eigenvalue weighted by atomic mass is 9.97. The number of carboxylic acid groups (broad SMARTS) is 2. The summed E-state index contributed by atoms with van der Waals surface area (Å²) in [5.41, 5.74) is 0. The number of rotatable bonds is 22. The van der Waals surface area contributed by atoms with E-state index in [1.807, 2.05) is 0 Å². The molecule has 7 N–H and O–H groups in total. The SMILES string of the molecule is O=C([O-])C1=C[C@H](O)C(OS(=O)(=O)[O-])[C@H](O[C@@H]2C(CO)OC(O)C(NS(=O)(=O)[O-])[C@H]2OO[O-])O1.O=C([O-])C1=C[C@H](O)C(OS(=O)(=O)[O-])[C@H](O[C@@H]2C(COS(=O)(=O)[O-])OC(O)C(NS(=O)(=O)[O-])[C@H]2OO[O-])O1.O=S.O=S. The maximum Gasteiger partial charge on any atom is 0.231 e. The van der Waals surface area contributed by atoms with Crippen LogP contribution >= 0.6 is 0 Å². The topological polar surface area (TPSA) is 692 Å². The average Bonchev–Trinajstić information content (AvgIpc) is 3.26. The van der Waals surface area contributed by atoms with Gasteiger partial charge in [0, 0.05) is 0 Å². The van der Waals surface area contributed by atoms with Gasteiger partial charge in [-0.3, -0.25) is 22.6 Å². The van der Waals surface area contributed by atoms with Crippen molar-refractivity contribution in [1.29, 1.82) is 0 Å². The molecule has 4 aliphatic rings. The first-order chi connectivity index (χ1) is 34.0. The van der Waals surface area contributed by atoms with Gasteiger partial charge in [-0.15, -0.1) is 0 Å². The molecule has 432 valence electrons. The lowest BCUT2D eigenvalue weighted by molar-refractivity contribution is -0.807. The van der Waals surface area contributed by atoms with Gasteiger partial charge in [0.1, 0.15) is 84.4 Å². The van der Waals surface area contributed by atoms with Gasteiger partial charge in [0.25, 0.3) is 0 Å². The van der Waals surface area contributed by atoms with Crippen LogP contribution in [0.25, 0.3) is 0 Å². The summed E-state index contributed by atoms with van der Waals surface area (Å²) in [6.45, 7) is -2.51. The van der Waals surface area contributed by atoms with E-state index in [1.165, 1.54) is 9.44 Å². The molecule has 50 heteroatoms. The van der Waals surface area contributed by atoms with Crippen LogP contribution in [-0.2, 0) is 147 Å². The van der Waals surface area contributed by atoms with E-state index in [1.54, 1.807) is 0 Å². The van der Waals surface area contributed by atoms with Gasteiger partial charge in [-0.2, -0.15) is 8.42 Å². The van der Waals surface area contributed by atoms with Crippen molar-refractivity contribution in [3.63, 3.8) is 0 Å². The Morgan fingerprint density at radius 3 is 1.19 bits per heavy atom. The predicted molar refractivity (Wildman–Crippen MR) is 193 cm³/mol. The molecule has 0 spiro atoms. The van der Waals surface area contributed by atoms with Gasteiger partial charge in [-0.05, 0) is 12.2 Å². The van der Waals surface area contributed by atoms with Gasteiger partial charge in [0.15, 0.2) is 70.5 Å². The first-order valence-corrected chi connectivity index (χ1v) is 25.2. The maximum atomic E-state index is 11.2. The first-order valence-electron chi connectivity index (χ1n) is 17.7. The second-order valence-corrected chi connectivity index (χ2v) is 18.5. The highest BCUT2D eigenvalue weighted by atomic mass is 32.3. The van der Waals surface area contributed by atoms with Crippen LogP contribution in [0.15, 0.2) is 23.7 Å². The first kappa shape index (κ1) is 68.8. The zero-order valence-corrected chi connectivity index (χ0v) is 40.3. The largest absolute Gasteiger partial charge is 0.735 e. The second kappa shape index (κ2) is 29.5. The van der Waals surface area contributed by atoms with Gasteiger partial charge < -0.3 is 107 Å². The molecule has 0 aromatic carbocycles. The van der Waals surface area contributed by atoms with E-state index in [0.717, 1.165) is 0 Å². The third-order valence-corrected chi connectivity index (χ3v) is 11.0. The molecule has 0 aromatic heterocycles. The Kier molecular flexibility index (Phi) is 27.5. The molecule has 4 rings (SSSR count). The van der Waals surface area contributed by atoms with Crippen molar-refractivity contribution in [1.82, 2.24) is 9.44 Å². The van der Waals surface area contributed by atoms with Crippen molar-refractivity contribution in [2.45, 2.75) is 98.3 Å². The summed E-state index contributed by atoms with van der Waals surface area (Å²) in [5, 5.41) is 99.2. The van der Waals surface area contributed by atoms with Crippen molar-refractivity contribution in [3.05, 3.63) is 23.7 Å². The Balaban J connectivity index is 0.000000697. The zero-order valence-electron chi connectivity index (χ0n) is 34.6. The van der Waals surface area contributed by atoms with Crippen molar-refractivity contribution < 1.29 is 190 Å². The zero-order chi connectivity index (χ0) is 57.5. The number of carbonyl (C=O) groups is 2. The van der Waals surface area contributed by atoms with Crippen molar-refractivity contribution in [3.8, 4) is 0 Å². The van der Waals surface area contributed by atoms with E-state index in [0.29, 0.717) is 12.2 Å². The Bertz CT molecular complexity index is 2480. The van der Waals surface area contributed by atoms with Gasteiger partial charge in [0.05, 0.1) is 13.2 Å². The summed E-state index contributed by atoms with van der Waals surface area (Å²) in [4.78, 5) is 30.7. The average molecular weight is 1230 g/mol. The number of aliphatic hydroxyl groups is 5. The third-order valence-electron chi connectivity index (χ3n) is 8.53. The molecule has 0 saturated carbocycles. The standard InChI is InChI=1S/C12H19NO21S3.C12H19NO18S2.2OS/c14-3-1-4(10(15)16)30-12(7(3)33-37(25,26)27)31-8-5(2-28-36(22,23)24)29-11(17)6(9(8)32-34-18)13-35(19,20)21;14-2-5-8(9(29-31-19)6(11(18)26-5)13-32(20,21)22)28-12-7(30-33(23,24)25)3(15)1-4(27-12)10(16)17;2*1-2/h1,3,5-9,11-14,17-18H,2H2,(H,15,16)(H,19,20,21)(H,22,23,24)(H,25,26,27);1,3,5-9,11-15,18-19H,2H2,(H,16,17)(H,20,21,22)(H,23,24,25);;/p-9/t2*3-,5?,6?,7?,8+,9+,11?,12-;;/m00../s1. The molecule has 4 heterocycles. The molecular weight excluding hydrogens is 1200 g/mol. The monoisotopic (exact) mass is 1220 g/mol. The number of aliphatic carboxylic acids is 2. The van der Waals surface area contributed by atoms with Crippen molar-refractivity contribution in [2.24, 2.45) is 0 Å². The molecule has 0 radical (unpaired) electrons. The summed E-state index contributed by atoms with van der Waals surface area (Å²) >= 11 is 5.67. The summed E-state index contributed by atoms with van der Waals surface area (Å²) in [7, 11) is -27.6. The van der Waals surface area contributed by atoms with E-state index >= 15 is 0 Å². The normalized spacial score (nSPS) is 32.6. The molecule has 0 bridgehead atoms. The number of aliphatic hydroxyl groups excluding tert-OH is 5. The summed E-state index contributed by atoms with van der Waals surface area (Å²) in [6.07, 6.45) is -31.0. The van der Waals surface area contributed by atoms with Gasteiger partial charge >= 0.3 is 0 Å². The minimum Gasteiger partial charge on any atom is -0.735 e. The quantitative estimate of drug-likeness (QED) is 0.0229. The maximum absolute atomic E-state index is 11.2. The van der Waals surface area contributed by atoms with Crippen LogP contribution in [0, 0.1) is 0 Å². The minimum atomic E-state index is -5.70. The Hall–Kier alpha value is -3.19. The molecule has 4 aliphatic heterocycles. The van der Waals surface area contributed by atoms with E-state index in [-0.39, 0.29) is 0 Å². The second-order valence-electron chi connectivity index (χ2n) is 13.2. The Morgan fingerprint density at radius 2 is 0.905 bits per heavy atom. The van der Waals surface area contributed by atoms with Crippen LogP contribution in [0.3, 0.4) is 0 Å². The van der Waals surface area contributed by atoms with Gasteiger partial charge in [-0.1, -0.05) is 0 Å². The smallest absolute Gasteiger partial charge is 0.231 e. The highest BCUT2D eigenvalue weighted by molar-refractivity contribution is 7.84.